The first-order chi connectivity index (χ1) is 9.21. The molecule has 0 aromatic heterocycles. The van der Waals surface area contributed by atoms with Crippen LogP contribution in [0, 0.1) is 16.5 Å². The lowest BCUT2D eigenvalue weighted by Crippen LogP contribution is -2.30. The third-order valence-electron chi connectivity index (χ3n) is 2.74. The van der Waals surface area contributed by atoms with E-state index in [2.05, 4.69) is 10.1 Å². The van der Waals surface area contributed by atoms with Gasteiger partial charge in [-0.2, -0.15) is 0 Å². The molecule has 0 amide bonds. The van der Waals surface area contributed by atoms with Crippen LogP contribution in [0.1, 0.15) is 27.2 Å². The third-order valence-corrected chi connectivity index (χ3v) is 2.74. The molecule has 0 aromatic carbocycles. The second kappa shape index (κ2) is 6.40. The van der Waals surface area contributed by atoms with Crippen molar-refractivity contribution in [1.82, 2.24) is 5.01 Å². The largest absolute Gasteiger partial charge is 0.569 e. The van der Waals surface area contributed by atoms with Gasteiger partial charge in [-0.3, -0.25) is 9.59 Å². The van der Waals surface area contributed by atoms with Gasteiger partial charge in [0.25, 0.3) is 6.79 Å². The fourth-order valence-corrected chi connectivity index (χ4v) is 1.52. The zero-order valence-corrected chi connectivity index (χ0v) is 11.7. The van der Waals surface area contributed by atoms with Crippen LogP contribution < -0.4 is 0 Å². The summed E-state index contributed by atoms with van der Waals surface area (Å²) in [5.74, 6) is -2.00. The van der Waals surface area contributed by atoms with Crippen LogP contribution in [0.5, 0.6) is 0 Å². The van der Waals surface area contributed by atoms with E-state index in [1.54, 1.807) is 20.8 Å². The fourth-order valence-electron chi connectivity index (χ4n) is 1.52. The molecule has 1 saturated heterocycles. The van der Waals surface area contributed by atoms with Gasteiger partial charge in [-0.25, -0.2) is 0 Å². The lowest BCUT2D eigenvalue weighted by atomic mass is 9.98. The van der Waals surface area contributed by atoms with Gasteiger partial charge in [0.2, 0.25) is 5.28 Å². The average molecular weight is 289 g/mol. The van der Waals surface area contributed by atoms with E-state index in [-0.39, 0.29) is 18.1 Å². The Morgan fingerprint density at radius 3 is 2.65 bits per heavy atom. The SMILES string of the molecule is CC(C)(C)C(=O)OCO/N=[N+](\[O-])N1CCC(C(=O)O)C1. The summed E-state index contributed by atoms with van der Waals surface area (Å²) in [5.41, 5.74) is -0.663. The van der Waals surface area contributed by atoms with E-state index in [4.69, 9.17) is 9.84 Å². The highest BCUT2D eigenvalue weighted by atomic mass is 16.8. The molecular weight excluding hydrogens is 270 g/mol. The molecule has 1 rings (SSSR count). The standard InChI is InChI=1S/C11H19N3O6/c1-11(2,3)10(17)19-7-20-12-14(18)13-5-4-8(6-13)9(15)16/h8H,4-7H2,1-3H3,(H,15,16)/b14-12-. The zero-order chi connectivity index (χ0) is 15.3. The van der Waals surface area contributed by atoms with Gasteiger partial charge in [-0.05, 0) is 27.2 Å². The average Bonchev–Trinajstić information content (AvgIpc) is 2.82. The first-order valence-corrected chi connectivity index (χ1v) is 6.17. The molecule has 9 nitrogen and oxygen atoms in total. The van der Waals surface area contributed by atoms with E-state index in [1.165, 1.54) is 5.01 Å². The minimum atomic E-state index is -0.944. The van der Waals surface area contributed by atoms with E-state index in [9.17, 15) is 14.8 Å². The maximum absolute atomic E-state index is 11.5. The van der Waals surface area contributed by atoms with Crippen molar-refractivity contribution in [1.29, 1.82) is 0 Å². The van der Waals surface area contributed by atoms with Crippen molar-refractivity contribution in [2.75, 3.05) is 19.9 Å². The van der Waals surface area contributed by atoms with Gasteiger partial charge in [-0.1, -0.05) is 0 Å². The molecular formula is C11H19N3O6. The first kappa shape index (κ1) is 16.0. The Hall–Kier alpha value is -2.06. The predicted octanol–water partition coefficient (Wildman–Crippen LogP) is 0.749. The minimum Gasteiger partial charge on any atom is -0.569 e. The molecule has 9 heteroatoms. The van der Waals surface area contributed by atoms with Crippen LogP contribution in [0.2, 0.25) is 0 Å². The monoisotopic (exact) mass is 289 g/mol. The number of ether oxygens (including phenoxy) is 1. The van der Waals surface area contributed by atoms with Gasteiger partial charge in [0.1, 0.15) is 0 Å². The van der Waals surface area contributed by atoms with Crippen LogP contribution in [-0.4, -0.2) is 46.9 Å². The van der Waals surface area contributed by atoms with E-state index >= 15 is 0 Å². The predicted molar refractivity (Wildman–Crippen MR) is 64.9 cm³/mol. The molecule has 0 bridgehead atoms. The summed E-state index contributed by atoms with van der Waals surface area (Å²) in [6.07, 6.45) is 0.378. The quantitative estimate of drug-likeness (QED) is 0.198. The Kier molecular flexibility index (Phi) is 5.12. The Labute approximate surface area is 116 Å². The molecule has 20 heavy (non-hydrogen) atoms. The molecule has 1 fully saturated rings. The van der Waals surface area contributed by atoms with Gasteiger partial charge < -0.3 is 19.9 Å². The van der Waals surface area contributed by atoms with Crippen LogP contribution in [-0.2, 0) is 19.2 Å². The molecule has 1 unspecified atom stereocenters. The van der Waals surface area contributed by atoms with Gasteiger partial charge in [0.05, 0.1) is 29.4 Å². The summed E-state index contributed by atoms with van der Waals surface area (Å²) in [5, 5.41) is 24.7. The second-order valence-corrected chi connectivity index (χ2v) is 5.50. The number of rotatable bonds is 5. The minimum absolute atomic E-state index is 0.0769. The number of carboxylic acid groups (broad SMARTS) is 1. The van der Waals surface area contributed by atoms with Crippen molar-refractivity contribution in [3.63, 3.8) is 0 Å². The number of nitrogens with zero attached hydrogens (tertiary/aromatic N) is 3. The van der Waals surface area contributed by atoms with Crippen molar-refractivity contribution in [3.05, 3.63) is 5.21 Å². The van der Waals surface area contributed by atoms with Crippen molar-refractivity contribution < 1.29 is 29.2 Å². The van der Waals surface area contributed by atoms with E-state index in [0.717, 1.165) is 0 Å². The van der Waals surface area contributed by atoms with Crippen molar-refractivity contribution >= 4 is 11.9 Å². The normalized spacial score (nSPS) is 19.9. The molecule has 0 radical (unpaired) electrons. The number of carboxylic acids is 1. The molecule has 0 aromatic rings. The van der Waals surface area contributed by atoms with Crippen LogP contribution in [0.3, 0.4) is 0 Å². The topological polar surface area (TPSA) is 114 Å². The summed E-state index contributed by atoms with van der Waals surface area (Å²) >= 11 is 0. The highest BCUT2D eigenvalue weighted by Gasteiger charge is 2.32. The molecule has 114 valence electrons. The van der Waals surface area contributed by atoms with Crippen LogP contribution in [0.15, 0.2) is 5.28 Å². The van der Waals surface area contributed by atoms with Gasteiger partial charge >= 0.3 is 11.9 Å². The number of esters is 1. The summed E-state index contributed by atoms with van der Waals surface area (Å²) in [6, 6.07) is 0. The number of hydrogen-bond acceptors (Lipinski definition) is 6. The van der Waals surface area contributed by atoms with Crippen LogP contribution in [0.4, 0.5) is 0 Å². The van der Waals surface area contributed by atoms with Crippen molar-refractivity contribution in [2.24, 2.45) is 16.6 Å². The van der Waals surface area contributed by atoms with Crippen LogP contribution in [0.25, 0.3) is 0 Å². The number of aliphatic carboxylic acids is 1. The molecule has 1 aliphatic rings. The number of carbonyl (C=O) groups is 2. The lowest BCUT2D eigenvalue weighted by molar-refractivity contribution is -0.708. The van der Waals surface area contributed by atoms with Crippen LogP contribution >= 0.6 is 0 Å². The molecule has 1 atom stereocenters. The first-order valence-electron chi connectivity index (χ1n) is 6.17. The van der Waals surface area contributed by atoms with E-state index in [1.807, 2.05) is 0 Å². The van der Waals surface area contributed by atoms with E-state index < -0.39 is 30.1 Å². The Morgan fingerprint density at radius 1 is 1.50 bits per heavy atom. The maximum atomic E-state index is 11.5. The fraction of sp³-hybridized carbons (Fsp3) is 0.818. The van der Waals surface area contributed by atoms with Gasteiger partial charge in [0.15, 0.2) is 0 Å². The molecule has 0 saturated carbocycles. The zero-order valence-electron chi connectivity index (χ0n) is 11.7. The molecule has 1 N–H and O–H groups in total. The Bertz CT molecular complexity index is 403. The second-order valence-electron chi connectivity index (χ2n) is 5.50. The van der Waals surface area contributed by atoms with Gasteiger partial charge in [0, 0.05) is 0 Å². The highest BCUT2D eigenvalue weighted by Crippen LogP contribution is 2.16. The Balaban J connectivity index is 2.33. The summed E-state index contributed by atoms with van der Waals surface area (Å²) in [6.45, 7) is 4.95. The maximum Gasteiger partial charge on any atom is 0.314 e. The molecule has 0 spiro atoms. The van der Waals surface area contributed by atoms with Crippen molar-refractivity contribution in [2.45, 2.75) is 27.2 Å². The van der Waals surface area contributed by atoms with Crippen molar-refractivity contribution in [3.8, 4) is 0 Å². The Morgan fingerprint density at radius 2 is 2.15 bits per heavy atom. The molecule has 1 heterocycles. The summed E-state index contributed by atoms with van der Waals surface area (Å²) in [4.78, 5) is 26.9. The molecule has 1 aliphatic heterocycles. The van der Waals surface area contributed by atoms with E-state index in [0.29, 0.717) is 6.42 Å². The third kappa shape index (κ3) is 4.56. The molecule has 0 aliphatic carbocycles. The number of hydrazine groups is 1. The number of hydrogen-bond donors (Lipinski definition) is 1. The smallest absolute Gasteiger partial charge is 0.314 e. The number of carbonyl (C=O) groups excluding carboxylic acids is 1. The highest BCUT2D eigenvalue weighted by molar-refractivity contribution is 5.75. The van der Waals surface area contributed by atoms with Gasteiger partial charge in [-0.15, -0.1) is 5.01 Å². The summed E-state index contributed by atoms with van der Waals surface area (Å²) < 4.78 is 4.75. The lowest BCUT2D eigenvalue weighted by Gasteiger charge is -2.15. The summed E-state index contributed by atoms with van der Waals surface area (Å²) in [7, 11) is 0.